The largest absolute Gasteiger partial charge is 0.296 e. The number of benzene rings is 2. The summed E-state index contributed by atoms with van der Waals surface area (Å²) in [6.45, 7) is 3.93. The average molecular weight is 290 g/mol. The number of ketones is 1. The maximum absolute atomic E-state index is 12.3. The number of carbonyl (C=O) groups is 2. The lowest BCUT2D eigenvalue weighted by molar-refractivity contribution is -0.114. The third kappa shape index (κ3) is 2.63. The van der Waals surface area contributed by atoms with Crippen LogP contribution in [0.5, 0.6) is 0 Å². The van der Waals surface area contributed by atoms with Gasteiger partial charge in [-0.1, -0.05) is 24.3 Å². The normalized spacial score (nSPS) is 15.0. The summed E-state index contributed by atoms with van der Waals surface area (Å²) in [5.41, 5.74) is 2.76. The van der Waals surface area contributed by atoms with Crippen LogP contribution in [0.1, 0.15) is 21.5 Å². The second-order valence-corrected chi connectivity index (χ2v) is 5.21. The Kier molecular flexibility index (Phi) is 3.51. The Balaban J connectivity index is 2.02. The molecule has 0 aliphatic carbocycles. The van der Waals surface area contributed by atoms with Crippen molar-refractivity contribution in [3.05, 3.63) is 81.6 Å². The Morgan fingerprint density at radius 2 is 1.64 bits per heavy atom. The van der Waals surface area contributed by atoms with Crippen molar-refractivity contribution in [2.75, 3.05) is 0 Å². The molecule has 0 radical (unpaired) electrons. The number of hydrogen-bond donors (Lipinski definition) is 0. The predicted molar refractivity (Wildman–Crippen MR) is 82.1 cm³/mol. The van der Waals surface area contributed by atoms with Crippen molar-refractivity contribution >= 4 is 11.7 Å². The third-order valence-electron chi connectivity index (χ3n) is 3.62. The molecule has 22 heavy (non-hydrogen) atoms. The van der Waals surface area contributed by atoms with Gasteiger partial charge in [0.1, 0.15) is 5.70 Å². The van der Waals surface area contributed by atoms with Crippen molar-refractivity contribution in [2.45, 2.75) is 13.8 Å². The lowest BCUT2D eigenvalue weighted by Crippen LogP contribution is -2.30. The molecule has 4 nitrogen and oxygen atoms in total. The van der Waals surface area contributed by atoms with Crippen LogP contribution in [0.2, 0.25) is 0 Å². The molecule has 1 aliphatic heterocycles. The van der Waals surface area contributed by atoms with E-state index in [4.69, 9.17) is 0 Å². The Morgan fingerprint density at radius 1 is 0.955 bits per heavy atom. The van der Waals surface area contributed by atoms with E-state index in [0.29, 0.717) is 16.3 Å². The maximum Gasteiger partial charge on any atom is 0.296 e. The quantitative estimate of drug-likeness (QED) is 0.626. The molecule has 1 amide bonds. The van der Waals surface area contributed by atoms with Crippen LogP contribution in [0, 0.1) is 13.8 Å². The van der Waals surface area contributed by atoms with Gasteiger partial charge < -0.3 is 0 Å². The first-order valence-corrected chi connectivity index (χ1v) is 6.95. The van der Waals surface area contributed by atoms with E-state index in [1.165, 1.54) is 6.08 Å². The number of hydrogen-bond acceptors (Lipinski definition) is 3. The van der Waals surface area contributed by atoms with Gasteiger partial charge in [0.25, 0.3) is 5.91 Å². The summed E-state index contributed by atoms with van der Waals surface area (Å²) in [7, 11) is 0. The van der Waals surface area contributed by atoms with E-state index in [2.05, 4.69) is 9.98 Å². The van der Waals surface area contributed by atoms with Gasteiger partial charge in [-0.3, -0.25) is 9.59 Å². The van der Waals surface area contributed by atoms with Crippen molar-refractivity contribution in [3.8, 4) is 0 Å². The first-order chi connectivity index (χ1) is 10.5. The molecule has 0 atom stereocenters. The second kappa shape index (κ2) is 5.48. The average Bonchev–Trinajstić information content (AvgIpc) is 2.50. The molecule has 0 spiro atoms. The monoisotopic (exact) mass is 290 g/mol. The Labute approximate surface area is 127 Å². The molecule has 0 fully saturated rings. The van der Waals surface area contributed by atoms with Crippen LogP contribution in [-0.4, -0.2) is 11.7 Å². The van der Waals surface area contributed by atoms with Gasteiger partial charge in [-0.25, -0.2) is 9.98 Å². The first-order valence-electron chi connectivity index (χ1n) is 6.95. The number of para-hydroxylation sites is 2. The molecule has 3 rings (SSSR count). The van der Waals surface area contributed by atoms with Gasteiger partial charge in [0.15, 0.2) is 5.78 Å². The minimum absolute atomic E-state index is 0.0712. The van der Waals surface area contributed by atoms with E-state index >= 15 is 0 Å². The lowest BCUT2D eigenvalue weighted by Gasteiger charge is -2.04. The van der Waals surface area contributed by atoms with Crippen molar-refractivity contribution < 1.29 is 9.59 Å². The summed E-state index contributed by atoms with van der Waals surface area (Å²) in [5, 5.41) is 1.13. The summed E-state index contributed by atoms with van der Waals surface area (Å²) < 4.78 is 0. The molecule has 0 unspecified atom stereocenters. The number of rotatable bonds is 2. The Hall–Kier alpha value is -2.88. The van der Waals surface area contributed by atoms with Crippen LogP contribution >= 0.6 is 0 Å². The van der Waals surface area contributed by atoms with Gasteiger partial charge in [-0.2, -0.15) is 0 Å². The summed E-state index contributed by atoms with van der Waals surface area (Å²) in [6, 6.07) is 12.5. The van der Waals surface area contributed by atoms with Crippen LogP contribution in [-0.2, 0) is 4.79 Å². The summed E-state index contributed by atoms with van der Waals surface area (Å²) in [4.78, 5) is 32.4. The van der Waals surface area contributed by atoms with Crippen LogP contribution in [0.15, 0.2) is 64.2 Å². The molecule has 0 aromatic heterocycles. The number of carbonyl (C=O) groups excluding carboxylic acids is 2. The molecule has 2 aromatic carbocycles. The standard InChI is InChI=1S/C18H14N2O2/c1-11-7-8-13(9-12(11)2)17(21)10-16-18(22)20-15-6-4-3-5-14(15)19-16/h3-10H,1-2H3/b16-10-. The van der Waals surface area contributed by atoms with Gasteiger partial charge >= 0.3 is 0 Å². The van der Waals surface area contributed by atoms with E-state index in [0.717, 1.165) is 11.1 Å². The number of aryl methyl sites for hydroxylation is 2. The Morgan fingerprint density at radius 3 is 2.32 bits per heavy atom. The molecular weight excluding hydrogens is 276 g/mol. The van der Waals surface area contributed by atoms with Crippen molar-refractivity contribution in [2.24, 2.45) is 9.98 Å². The van der Waals surface area contributed by atoms with Crippen molar-refractivity contribution in [1.82, 2.24) is 0 Å². The Bertz CT molecular complexity index is 940. The molecule has 2 aromatic rings. The van der Waals surface area contributed by atoms with E-state index in [9.17, 15) is 9.59 Å². The number of nitrogens with zero attached hydrogens (tertiary/aromatic N) is 2. The molecule has 0 bridgehead atoms. The van der Waals surface area contributed by atoms with E-state index in [1.807, 2.05) is 32.0 Å². The highest BCUT2D eigenvalue weighted by Gasteiger charge is 2.14. The van der Waals surface area contributed by atoms with Gasteiger partial charge in [0.2, 0.25) is 0 Å². The van der Waals surface area contributed by atoms with Crippen molar-refractivity contribution in [1.29, 1.82) is 0 Å². The van der Waals surface area contributed by atoms with E-state index < -0.39 is 5.91 Å². The lowest BCUT2D eigenvalue weighted by atomic mass is 10.0. The molecule has 108 valence electrons. The summed E-state index contributed by atoms with van der Waals surface area (Å²) in [6.07, 6.45) is 1.26. The molecule has 4 heteroatoms. The minimum Gasteiger partial charge on any atom is -0.289 e. The van der Waals surface area contributed by atoms with Crippen LogP contribution in [0.25, 0.3) is 0 Å². The molecule has 1 aliphatic rings. The minimum atomic E-state index is -0.490. The van der Waals surface area contributed by atoms with Crippen LogP contribution in [0.4, 0.5) is 0 Å². The molecular formula is C18H14N2O2. The first kappa shape index (κ1) is 14.1. The molecule has 0 N–H and O–H groups in total. The van der Waals surface area contributed by atoms with E-state index in [1.54, 1.807) is 24.3 Å². The van der Waals surface area contributed by atoms with Gasteiger partial charge in [-0.05, 0) is 43.2 Å². The SMILES string of the molecule is Cc1ccc(C(=O)/C=C2\N=c3ccccc3=NC2=O)cc1C. The van der Waals surface area contributed by atoms with Crippen molar-refractivity contribution in [3.63, 3.8) is 0 Å². The molecule has 0 saturated heterocycles. The zero-order chi connectivity index (χ0) is 15.7. The smallest absolute Gasteiger partial charge is 0.289 e. The van der Waals surface area contributed by atoms with Crippen LogP contribution < -0.4 is 10.7 Å². The van der Waals surface area contributed by atoms with Crippen LogP contribution in [0.3, 0.4) is 0 Å². The van der Waals surface area contributed by atoms with Gasteiger partial charge in [-0.15, -0.1) is 0 Å². The summed E-state index contributed by atoms with van der Waals surface area (Å²) in [5.74, 6) is -0.735. The molecule has 1 heterocycles. The van der Waals surface area contributed by atoms with E-state index in [-0.39, 0.29) is 11.5 Å². The topological polar surface area (TPSA) is 58.9 Å². The maximum atomic E-state index is 12.3. The zero-order valence-corrected chi connectivity index (χ0v) is 12.3. The fourth-order valence-electron chi connectivity index (χ4n) is 2.19. The number of allylic oxidation sites excluding steroid dienone is 1. The highest BCUT2D eigenvalue weighted by atomic mass is 16.1. The predicted octanol–water partition coefficient (Wildman–Crippen LogP) is 1.85. The fourth-order valence-corrected chi connectivity index (χ4v) is 2.19. The zero-order valence-electron chi connectivity index (χ0n) is 12.3. The van der Waals surface area contributed by atoms with Gasteiger partial charge in [0, 0.05) is 11.6 Å². The third-order valence-corrected chi connectivity index (χ3v) is 3.62. The molecule has 0 saturated carbocycles. The number of amides is 1. The summed E-state index contributed by atoms with van der Waals surface area (Å²) >= 11 is 0. The number of fused-ring (bicyclic) bond motifs is 1. The second-order valence-electron chi connectivity index (χ2n) is 5.21. The van der Waals surface area contributed by atoms with Gasteiger partial charge in [0.05, 0.1) is 10.7 Å². The fraction of sp³-hybridized carbons (Fsp3) is 0.111. The highest BCUT2D eigenvalue weighted by Crippen LogP contribution is 2.12. The highest BCUT2D eigenvalue weighted by molar-refractivity contribution is 6.09.